The Labute approximate surface area is 251 Å². The topological polar surface area (TPSA) is 9.23 Å². The second kappa shape index (κ2) is 16.7. The number of halogens is 3. The summed E-state index contributed by atoms with van der Waals surface area (Å²) in [4.78, 5) is 0. The van der Waals surface area contributed by atoms with Crippen molar-refractivity contribution in [1.29, 1.82) is 0 Å². The van der Waals surface area contributed by atoms with E-state index in [0.29, 0.717) is 35.6 Å². The van der Waals surface area contributed by atoms with Crippen LogP contribution in [0.5, 0.6) is 0 Å². The third-order valence-corrected chi connectivity index (χ3v) is 8.58. The summed E-state index contributed by atoms with van der Waals surface area (Å²) in [5, 5.41) is 0. The van der Waals surface area contributed by atoms with Crippen LogP contribution < -0.4 is 0 Å². The van der Waals surface area contributed by atoms with Crippen LogP contribution in [0.15, 0.2) is 66.7 Å². The molecule has 42 heavy (non-hydrogen) atoms. The van der Waals surface area contributed by atoms with Gasteiger partial charge in [-0.2, -0.15) is 0 Å². The Kier molecular flexibility index (Phi) is 12.8. The number of hydrogen-bond donors (Lipinski definition) is 0. The zero-order chi connectivity index (χ0) is 29.7. The molecular formula is C38H47F3O. The van der Waals surface area contributed by atoms with E-state index < -0.39 is 11.6 Å². The van der Waals surface area contributed by atoms with Crippen LogP contribution in [0.4, 0.5) is 13.2 Å². The Morgan fingerprint density at radius 2 is 1.43 bits per heavy atom. The quantitative estimate of drug-likeness (QED) is 0.129. The predicted octanol–water partition coefficient (Wildman–Crippen LogP) is 11.9. The molecule has 1 nitrogen and oxygen atoms in total. The molecule has 0 N–H and O–H groups in total. The lowest BCUT2D eigenvalue weighted by atomic mass is 9.90. The normalized spacial score (nSPS) is 17.3. The molecule has 1 fully saturated rings. The molecule has 0 aliphatic carbocycles. The Morgan fingerprint density at radius 1 is 0.714 bits per heavy atom. The molecule has 0 radical (unpaired) electrons. The van der Waals surface area contributed by atoms with E-state index in [2.05, 4.69) is 13.8 Å². The van der Waals surface area contributed by atoms with Gasteiger partial charge in [0.2, 0.25) is 0 Å². The Balaban J connectivity index is 1.32. The standard InChI is InChI=1S/C38H47F3O/c1-3-5-7-9-10-11-12-14-28-16-25-36(42-27-28)34-24-22-32(26-35(34)39)29-17-19-30(20-18-29)33-23-21-31(37(40)38(33)41)15-13-8-6-4-2/h8,13,17-24,26,28,36H,3-7,9-12,14-16,25,27H2,1-2H3. The minimum absolute atomic E-state index is 0.199. The number of benzene rings is 3. The van der Waals surface area contributed by atoms with Crippen LogP contribution in [0.3, 0.4) is 0 Å². The first-order valence-corrected chi connectivity index (χ1v) is 16.2. The highest BCUT2D eigenvalue weighted by Crippen LogP contribution is 2.36. The fourth-order valence-corrected chi connectivity index (χ4v) is 5.94. The molecule has 3 aromatic carbocycles. The molecule has 1 saturated heterocycles. The van der Waals surface area contributed by atoms with Crippen molar-refractivity contribution >= 4 is 0 Å². The Hall–Kier alpha value is -2.85. The first kappa shape index (κ1) is 32.1. The number of allylic oxidation sites excluding steroid dienone is 2. The fraction of sp³-hybridized carbons (Fsp3) is 0.474. The molecule has 4 heteroatoms. The maximum Gasteiger partial charge on any atom is 0.166 e. The first-order valence-electron chi connectivity index (χ1n) is 16.2. The molecular weight excluding hydrogens is 529 g/mol. The first-order chi connectivity index (χ1) is 20.5. The van der Waals surface area contributed by atoms with Crippen molar-refractivity contribution in [2.24, 2.45) is 5.92 Å². The average Bonchev–Trinajstić information content (AvgIpc) is 3.01. The van der Waals surface area contributed by atoms with Crippen LogP contribution in [0.1, 0.15) is 108 Å². The number of unbranched alkanes of at least 4 members (excludes halogenated alkanes) is 7. The lowest BCUT2D eigenvalue weighted by molar-refractivity contribution is -0.0215. The van der Waals surface area contributed by atoms with Crippen molar-refractivity contribution in [3.05, 3.63) is 95.3 Å². The minimum Gasteiger partial charge on any atom is -0.373 e. The molecule has 0 spiro atoms. The van der Waals surface area contributed by atoms with Crippen LogP contribution in [0.25, 0.3) is 22.3 Å². The third-order valence-electron chi connectivity index (χ3n) is 8.58. The highest BCUT2D eigenvalue weighted by molar-refractivity contribution is 5.71. The summed E-state index contributed by atoms with van der Waals surface area (Å²) < 4.78 is 51.0. The van der Waals surface area contributed by atoms with Crippen molar-refractivity contribution in [1.82, 2.24) is 0 Å². The smallest absolute Gasteiger partial charge is 0.166 e. The van der Waals surface area contributed by atoms with Crippen molar-refractivity contribution in [2.45, 2.75) is 103 Å². The number of hydrogen-bond acceptors (Lipinski definition) is 1. The van der Waals surface area contributed by atoms with E-state index in [0.717, 1.165) is 36.8 Å². The van der Waals surface area contributed by atoms with Gasteiger partial charge >= 0.3 is 0 Å². The molecule has 4 rings (SSSR count). The van der Waals surface area contributed by atoms with E-state index in [4.69, 9.17) is 4.74 Å². The van der Waals surface area contributed by atoms with Crippen molar-refractivity contribution in [3.8, 4) is 22.3 Å². The summed E-state index contributed by atoms with van der Waals surface area (Å²) in [7, 11) is 0. The van der Waals surface area contributed by atoms with Crippen molar-refractivity contribution in [3.63, 3.8) is 0 Å². The molecule has 0 aromatic heterocycles. The van der Waals surface area contributed by atoms with Crippen LogP contribution in [0, 0.1) is 23.4 Å². The van der Waals surface area contributed by atoms with Crippen LogP contribution in [-0.2, 0) is 11.2 Å². The second-order valence-electron chi connectivity index (χ2n) is 11.9. The average molecular weight is 577 g/mol. The molecule has 0 amide bonds. The van der Waals surface area contributed by atoms with Crippen molar-refractivity contribution in [2.75, 3.05) is 6.61 Å². The van der Waals surface area contributed by atoms with E-state index >= 15 is 4.39 Å². The summed E-state index contributed by atoms with van der Waals surface area (Å²) in [6, 6.07) is 15.8. The van der Waals surface area contributed by atoms with Gasteiger partial charge in [0.05, 0.1) is 12.7 Å². The molecule has 1 aliphatic heterocycles. The van der Waals surface area contributed by atoms with E-state index in [1.54, 1.807) is 30.3 Å². The van der Waals surface area contributed by atoms with Crippen molar-refractivity contribution < 1.29 is 17.9 Å². The van der Waals surface area contributed by atoms with Gasteiger partial charge in [-0.3, -0.25) is 0 Å². The maximum atomic E-state index is 15.2. The highest BCUT2D eigenvalue weighted by atomic mass is 19.2. The second-order valence-corrected chi connectivity index (χ2v) is 11.9. The van der Waals surface area contributed by atoms with Crippen LogP contribution in [0.2, 0.25) is 0 Å². The summed E-state index contributed by atoms with van der Waals surface area (Å²) in [6.45, 7) is 5.03. The molecule has 1 heterocycles. The van der Waals surface area contributed by atoms with Gasteiger partial charge in [0, 0.05) is 11.1 Å². The summed E-state index contributed by atoms with van der Waals surface area (Å²) in [5.74, 6) is -1.32. The minimum atomic E-state index is -0.836. The number of rotatable bonds is 15. The molecule has 3 aromatic rings. The molecule has 2 atom stereocenters. The van der Waals surface area contributed by atoms with Gasteiger partial charge in [-0.25, -0.2) is 13.2 Å². The van der Waals surface area contributed by atoms with E-state index in [1.165, 1.54) is 51.4 Å². The van der Waals surface area contributed by atoms with Gasteiger partial charge in [0.25, 0.3) is 0 Å². The summed E-state index contributed by atoms with van der Waals surface area (Å²) in [6.07, 6.45) is 18.4. The predicted molar refractivity (Wildman–Crippen MR) is 169 cm³/mol. The van der Waals surface area contributed by atoms with Gasteiger partial charge in [-0.05, 0) is 66.3 Å². The van der Waals surface area contributed by atoms with Gasteiger partial charge < -0.3 is 4.74 Å². The largest absolute Gasteiger partial charge is 0.373 e. The summed E-state index contributed by atoms with van der Waals surface area (Å²) in [5.41, 5.74) is 3.34. The lowest BCUT2D eigenvalue weighted by Gasteiger charge is -2.29. The van der Waals surface area contributed by atoms with E-state index in [9.17, 15) is 8.78 Å². The SMILES string of the molecule is CCCC=CCc1ccc(-c2ccc(-c3ccc(C4CCC(CCCCCCCCC)CO4)c(F)c3)cc2)c(F)c1F. The lowest BCUT2D eigenvalue weighted by Crippen LogP contribution is -2.21. The molecule has 226 valence electrons. The summed E-state index contributed by atoms with van der Waals surface area (Å²) >= 11 is 0. The number of ether oxygens (including phenoxy) is 1. The highest BCUT2D eigenvalue weighted by Gasteiger charge is 2.25. The molecule has 2 unspecified atom stereocenters. The van der Waals surface area contributed by atoms with E-state index in [1.807, 2.05) is 36.4 Å². The Morgan fingerprint density at radius 3 is 2.12 bits per heavy atom. The van der Waals surface area contributed by atoms with E-state index in [-0.39, 0.29) is 17.5 Å². The fourth-order valence-electron chi connectivity index (χ4n) is 5.94. The maximum absolute atomic E-state index is 15.2. The van der Waals surface area contributed by atoms with Gasteiger partial charge in [0.15, 0.2) is 11.6 Å². The third kappa shape index (κ3) is 8.83. The van der Waals surface area contributed by atoms with Gasteiger partial charge in [-0.15, -0.1) is 0 Å². The van der Waals surface area contributed by atoms with Gasteiger partial charge in [0.1, 0.15) is 5.82 Å². The van der Waals surface area contributed by atoms with Crippen LogP contribution in [-0.4, -0.2) is 6.61 Å². The molecule has 0 bridgehead atoms. The monoisotopic (exact) mass is 576 g/mol. The molecule has 1 aliphatic rings. The Bertz CT molecular complexity index is 1270. The zero-order valence-corrected chi connectivity index (χ0v) is 25.4. The zero-order valence-electron chi connectivity index (χ0n) is 25.4. The van der Waals surface area contributed by atoms with Crippen LogP contribution >= 0.6 is 0 Å². The molecule has 0 saturated carbocycles. The van der Waals surface area contributed by atoms with Gasteiger partial charge in [-0.1, -0.05) is 126 Å².